The fraction of sp³-hybridized carbons (Fsp3) is 0.158. The van der Waals surface area contributed by atoms with Gasteiger partial charge in [0.2, 0.25) is 0 Å². The Morgan fingerprint density at radius 2 is 1.93 bits per heavy atom. The number of nitrogens with zero attached hydrogens (tertiary/aromatic N) is 1. The number of hydrogen-bond donors (Lipinski definition) is 3. The number of amides is 4. The minimum Gasteiger partial charge on any atom is -0.336 e. The first-order valence-corrected chi connectivity index (χ1v) is 8.93. The Morgan fingerprint density at radius 1 is 1.15 bits per heavy atom. The van der Waals surface area contributed by atoms with Gasteiger partial charge in [-0.25, -0.2) is 9.59 Å². The molecule has 27 heavy (non-hydrogen) atoms. The van der Waals surface area contributed by atoms with Gasteiger partial charge in [0.25, 0.3) is 0 Å². The van der Waals surface area contributed by atoms with Crippen LogP contribution in [0, 0.1) is 11.8 Å². The number of urea groups is 2. The summed E-state index contributed by atoms with van der Waals surface area (Å²) in [6.45, 7) is 1.49. The van der Waals surface area contributed by atoms with Crippen molar-refractivity contribution in [2.45, 2.75) is 0 Å². The van der Waals surface area contributed by atoms with E-state index in [1.807, 2.05) is 24.3 Å². The molecular formula is C19H16Cl2N4O2. The lowest BCUT2D eigenvalue weighted by molar-refractivity contribution is 0.251. The molecule has 1 saturated heterocycles. The maximum absolute atomic E-state index is 11.8. The van der Waals surface area contributed by atoms with E-state index in [-0.39, 0.29) is 12.6 Å². The van der Waals surface area contributed by atoms with E-state index >= 15 is 0 Å². The van der Waals surface area contributed by atoms with Crippen molar-refractivity contribution in [2.24, 2.45) is 0 Å². The Kier molecular flexibility index (Phi) is 6.07. The van der Waals surface area contributed by atoms with Gasteiger partial charge in [-0.05, 0) is 42.5 Å². The lowest BCUT2D eigenvalue weighted by Gasteiger charge is -2.13. The minimum absolute atomic E-state index is 0.0916. The molecule has 0 bridgehead atoms. The summed E-state index contributed by atoms with van der Waals surface area (Å²) in [7, 11) is 0. The number of halogens is 2. The van der Waals surface area contributed by atoms with Crippen LogP contribution in [0.15, 0.2) is 42.5 Å². The van der Waals surface area contributed by atoms with E-state index in [1.165, 1.54) is 0 Å². The molecule has 0 spiro atoms. The molecule has 2 aromatic rings. The van der Waals surface area contributed by atoms with Gasteiger partial charge in [0.05, 0.1) is 16.6 Å². The molecular weight excluding hydrogens is 387 g/mol. The smallest absolute Gasteiger partial charge is 0.321 e. The summed E-state index contributed by atoms with van der Waals surface area (Å²) in [5.41, 5.74) is 2.16. The zero-order valence-electron chi connectivity index (χ0n) is 14.2. The van der Waals surface area contributed by atoms with Gasteiger partial charge in [-0.1, -0.05) is 35.0 Å². The van der Waals surface area contributed by atoms with Crippen molar-refractivity contribution < 1.29 is 9.59 Å². The predicted molar refractivity (Wildman–Crippen MR) is 108 cm³/mol. The van der Waals surface area contributed by atoms with E-state index < -0.39 is 6.03 Å². The van der Waals surface area contributed by atoms with Crippen molar-refractivity contribution in [3.8, 4) is 11.8 Å². The third-order valence-electron chi connectivity index (χ3n) is 3.78. The molecule has 138 valence electrons. The van der Waals surface area contributed by atoms with Crippen molar-refractivity contribution in [3.63, 3.8) is 0 Å². The van der Waals surface area contributed by atoms with Crippen molar-refractivity contribution in [2.75, 3.05) is 29.9 Å². The SMILES string of the molecule is O=C(NCC#Cc1ccc(N2CCNC2=O)cc1)Nc1ccc(Cl)c(Cl)c1. The molecule has 1 aliphatic heterocycles. The quantitative estimate of drug-likeness (QED) is 0.684. The Bertz CT molecular complexity index is 920. The third-order valence-corrected chi connectivity index (χ3v) is 4.52. The molecule has 2 aromatic carbocycles. The van der Waals surface area contributed by atoms with Crippen LogP contribution >= 0.6 is 23.2 Å². The van der Waals surface area contributed by atoms with Crippen LogP contribution in [0.25, 0.3) is 0 Å². The molecule has 1 fully saturated rings. The highest BCUT2D eigenvalue weighted by molar-refractivity contribution is 6.42. The molecule has 4 amide bonds. The molecule has 0 aliphatic carbocycles. The molecule has 1 aliphatic rings. The van der Waals surface area contributed by atoms with Crippen LogP contribution in [0.3, 0.4) is 0 Å². The lowest BCUT2D eigenvalue weighted by atomic mass is 10.2. The summed E-state index contributed by atoms with van der Waals surface area (Å²) < 4.78 is 0. The fourth-order valence-corrected chi connectivity index (χ4v) is 2.76. The summed E-state index contributed by atoms with van der Waals surface area (Å²) in [4.78, 5) is 25.1. The maximum Gasteiger partial charge on any atom is 0.321 e. The second-order valence-corrected chi connectivity index (χ2v) is 6.48. The summed E-state index contributed by atoms with van der Waals surface area (Å²) in [5, 5.41) is 8.83. The summed E-state index contributed by atoms with van der Waals surface area (Å²) >= 11 is 11.7. The fourth-order valence-electron chi connectivity index (χ4n) is 2.46. The Morgan fingerprint density at radius 3 is 2.59 bits per heavy atom. The standard InChI is InChI=1S/C19H16Cl2N4O2/c20-16-8-5-14(12-17(16)21)24-18(26)22-9-1-2-13-3-6-15(7-4-13)25-11-10-23-19(25)27/h3-8,12H,9-11H2,(H,23,27)(H2,22,24,26). The predicted octanol–water partition coefficient (Wildman–Crippen LogP) is 3.70. The Balaban J connectivity index is 1.49. The molecule has 0 radical (unpaired) electrons. The van der Waals surface area contributed by atoms with Gasteiger partial charge in [0.1, 0.15) is 0 Å². The molecule has 0 saturated carbocycles. The van der Waals surface area contributed by atoms with E-state index in [9.17, 15) is 9.59 Å². The van der Waals surface area contributed by atoms with E-state index in [1.54, 1.807) is 23.1 Å². The van der Waals surface area contributed by atoms with Gasteiger partial charge in [-0.3, -0.25) is 4.90 Å². The van der Waals surface area contributed by atoms with Crippen LogP contribution in [-0.4, -0.2) is 31.7 Å². The van der Waals surface area contributed by atoms with E-state index in [2.05, 4.69) is 27.8 Å². The van der Waals surface area contributed by atoms with E-state index in [4.69, 9.17) is 23.2 Å². The highest BCUT2D eigenvalue weighted by atomic mass is 35.5. The Hall–Kier alpha value is -2.88. The zero-order valence-corrected chi connectivity index (χ0v) is 15.7. The van der Waals surface area contributed by atoms with Crippen molar-refractivity contribution in [1.29, 1.82) is 0 Å². The second kappa shape index (κ2) is 8.67. The minimum atomic E-state index is -0.391. The second-order valence-electron chi connectivity index (χ2n) is 5.67. The highest BCUT2D eigenvalue weighted by Crippen LogP contribution is 2.24. The first-order chi connectivity index (χ1) is 13.0. The first-order valence-electron chi connectivity index (χ1n) is 8.17. The van der Waals surface area contributed by atoms with Crippen LogP contribution in [0.2, 0.25) is 10.0 Å². The number of carbonyl (C=O) groups excluding carboxylic acids is 2. The van der Waals surface area contributed by atoms with Crippen LogP contribution in [0.1, 0.15) is 5.56 Å². The van der Waals surface area contributed by atoms with Gasteiger partial charge in [0, 0.05) is 30.0 Å². The average Bonchev–Trinajstić information content (AvgIpc) is 3.08. The number of nitrogens with one attached hydrogen (secondary N) is 3. The molecule has 0 unspecified atom stereocenters. The number of carbonyl (C=O) groups is 2. The molecule has 3 N–H and O–H groups in total. The number of hydrogen-bond acceptors (Lipinski definition) is 2. The summed E-state index contributed by atoms with van der Waals surface area (Å²) in [6, 6.07) is 11.7. The van der Waals surface area contributed by atoms with Crippen molar-refractivity contribution >= 4 is 46.6 Å². The van der Waals surface area contributed by atoms with E-state index in [0.29, 0.717) is 28.8 Å². The molecule has 0 atom stereocenters. The van der Waals surface area contributed by atoms with Gasteiger partial charge in [0.15, 0.2) is 0 Å². The topological polar surface area (TPSA) is 73.5 Å². The molecule has 6 nitrogen and oxygen atoms in total. The molecule has 1 heterocycles. The molecule has 3 rings (SSSR count). The normalized spacial score (nSPS) is 12.8. The Labute approximate surface area is 166 Å². The summed E-state index contributed by atoms with van der Waals surface area (Å²) in [6.07, 6.45) is 0. The van der Waals surface area contributed by atoms with Gasteiger partial charge < -0.3 is 16.0 Å². The van der Waals surface area contributed by atoms with Crippen molar-refractivity contribution in [3.05, 3.63) is 58.1 Å². The van der Waals surface area contributed by atoms with E-state index in [0.717, 1.165) is 11.3 Å². The maximum atomic E-state index is 11.8. The molecule has 8 heteroatoms. The van der Waals surface area contributed by atoms with Crippen molar-refractivity contribution in [1.82, 2.24) is 10.6 Å². The number of anilines is 2. The molecule has 0 aromatic heterocycles. The monoisotopic (exact) mass is 402 g/mol. The summed E-state index contributed by atoms with van der Waals surface area (Å²) in [5.74, 6) is 5.83. The first kappa shape index (κ1) is 18.9. The zero-order chi connectivity index (χ0) is 19.2. The van der Waals surface area contributed by atoms with Gasteiger partial charge >= 0.3 is 12.1 Å². The van der Waals surface area contributed by atoms with Crippen LogP contribution < -0.4 is 20.9 Å². The number of rotatable bonds is 3. The van der Waals surface area contributed by atoms with Gasteiger partial charge in [-0.15, -0.1) is 0 Å². The number of benzene rings is 2. The lowest BCUT2D eigenvalue weighted by Crippen LogP contribution is -2.28. The largest absolute Gasteiger partial charge is 0.336 e. The highest BCUT2D eigenvalue weighted by Gasteiger charge is 2.20. The average molecular weight is 403 g/mol. The third kappa shape index (κ3) is 5.07. The van der Waals surface area contributed by atoms with Crippen LogP contribution in [0.5, 0.6) is 0 Å². The van der Waals surface area contributed by atoms with Crippen LogP contribution in [0.4, 0.5) is 21.0 Å². The van der Waals surface area contributed by atoms with Crippen LogP contribution in [-0.2, 0) is 0 Å². The van der Waals surface area contributed by atoms with Gasteiger partial charge in [-0.2, -0.15) is 0 Å².